The van der Waals surface area contributed by atoms with Gasteiger partial charge >= 0.3 is 0 Å². The van der Waals surface area contributed by atoms with Gasteiger partial charge in [0.05, 0.1) is 12.1 Å². The normalized spacial score (nSPS) is 13.0. The number of nitrogens with one attached hydrogen (secondary N) is 1. The summed E-state index contributed by atoms with van der Waals surface area (Å²) in [5, 5.41) is 0. The SMILES string of the molecule is Cc1nc2cc(C(CN)c3ncc(Br)[nH]3)ccc2o1. The molecule has 0 amide bonds. The fourth-order valence-corrected chi connectivity index (χ4v) is 2.48. The number of imidazole rings is 1. The van der Waals surface area contributed by atoms with Crippen molar-refractivity contribution >= 4 is 27.0 Å². The van der Waals surface area contributed by atoms with E-state index >= 15 is 0 Å². The Hall–Kier alpha value is -1.66. The minimum Gasteiger partial charge on any atom is -0.441 e. The second kappa shape index (κ2) is 4.79. The van der Waals surface area contributed by atoms with Crippen molar-refractivity contribution in [2.24, 2.45) is 5.73 Å². The molecule has 98 valence electrons. The van der Waals surface area contributed by atoms with Crippen LogP contribution in [0.3, 0.4) is 0 Å². The van der Waals surface area contributed by atoms with Crippen LogP contribution in [0.2, 0.25) is 0 Å². The lowest BCUT2D eigenvalue weighted by Gasteiger charge is -2.12. The molecule has 0 aliphatic carbocycles. The Bertz CT molecular complexity index is 718. The van der Waals surface area contributed by atoms with Gasteiger partial charge in [0.1, 0.15) is 15.9 Å². The zero-order valence-corrected chi connectivity index (χ0v) is 11.9. The quantitative estimate of drug-likeness (QED) is 0.777. The number of halogens is 1. The minimum absolute atomic E-state index is 0.0210. The van der Waals surface area contributed by atoms with Crippen LogP contribution in [0.25, 0.3) is 11.1 Å². The molecular formula is C13H13BrN4O. The van der Waals surface area contributed by atoms with E-state index in [1.807, 2.05) is 25.1 Å². The summed E-state index contributed by atoms with van der Waals surface area (Å²) in [5.41, 5.74) is 8.59. The molecule has 3 aromatic rings. The number of oxazole rings is 1. The standard InChI is InChI=1S/C13H13BrN4O/c1-7-17-10-4-8(2-3-11(10)19-7)9(5-15)13-16-6-12(14)18-13/h2-4,6,9H,5,15H2,1H3,(H,16,18). The zero-order valence-electron chi connectivity index (χ0n) is 10.4. The van der Waals surface area contributed by atoms with Crippen LogP contribution in [0, 0.1) is 6.92 Å². The van der Waals surface area contributed by atoms with E-state index in [1.54, 1.807) is 6.20 Å². The minimum atomic E-state index is 0.0210. The first-order valence-electron chi connectivity index (χ1n) is 5.95. The van der Waals surface area contributed by atoms with Gasteiger partial charge in [0.25, 0.3) is 0 Å². The van der Waals surface area contributed by atoms with Crippen LogP contribution < -0.4 is 5.73 Å². The molecule has 3 N–H and O–H groups in total. The lowest BCUT2D eigenvalue weighted by Crippen LogP contribution is -2.15. The summed E-state index contributed by atoms with van der Waals surface area (Å²) in [6.45, 7) is 2.31. The topological polar surface area (TPSA) is 80.7 Å². The van der Waals surface area contributed by atoms with Crippen molar-refractivity contribution in [3.63, 3.8) is 0 Å². The largest absolute Gasteiger partial charge is 0.441 e. The number of aromatic nitrogens is 3. The van der Waals surface area contributed by atoms with Crippen LogP contribution in [0.4, 0.5) is 0 Å². The highest BCUT2D eigenvalue weighted by Gasteiger charge is 2.17. The molecule has 6 heteroatoms. The second-order valence-corrected chi connectivity index (χ2v) is 5.22. The molecule has 2 heterocycles. The fraction of sp³-hybridized carbons (Fsp3) is 0.231. The molecule has 0 bridgehead atoms. The predicted octanol–water partition coefficient (Wildman–Crippen LogP) is 2.71. The third kappa shape index (κ3) is 2.29. The van der Waals surface area contributed by atoms with Crippen molar-refractivity contribution in [1.82, 2.24) is 15.0 Å². The van der Waals surface area contributed by atoms with E-state index in [9.17, 15) is 0 Å². The van der Waals surface area contributed by atoms with E-state index in [0.29, 0.717) is 12.4 Å². The average molecular weight is 321 g/mol. The van der Waals surface area contributed by atoms with Crippen molar-refractivity contribution < 1.29 is 4.42 Å². The molecular weight excluding hydrogens is 308 g/mol. The Morgan fingerprint density at radius 3 is 3.00 bits per heavy atom. The highest BCUT2D eigenvalue weighted by molar-refractivity contribution is 9.10. The summed E-state index contributed by atoms with van der Waals surface area (Å²) in [6, 6.07) is 5.92. The fourth-order valence-electron chi connectivity index (χ4n) is 2.17. The number of aryl methyl sites for hydroxylation is 1. The monoisotopic (exact) mass is 320 g/mol. The van der Waals surface area contributed by atoms with E-state index in [1.165, 1.54) is 0 Å². The molecule has 0 fully saturated rings. The zero-order chi connectivity index (χ0) is 13.4. The molecule has 2 aromatic heterocycles. The maximum Gasteiger partial charge on any atom is 0.192 e. The predicted molar refractivity (Wildman–Crippen MR) is 75.9 cm³/mol. The number of aromatic amines is 1. The Morgan fingerprint density at radius 2 is 2.32 bits per heavy atom. The maximum atomic E-state index is 5.88. The molecule has 3 rings (SSSR count). The van der Waals surface area contributed by atoms with E-state index in [4.69, 9.17) is 10.2 Å². The molecule has 0 spiro atoms. The average Bonchev–Trinajstić information content (AvgIpc) is 2.95. The molecule has 0 aliphatic rings. The van der Waals surface area contributed by atoms with Crippen LogP contribution in [-0.4, -0.2) is 21.5 Å². The van der Waals surface area contributed by atoms with Gasteiger partial charge in [-0.15, -0.1) is 0 Å². The van der Waals surface area contributed by atoms with Gasteiger partial charge in [0.2, 0.25) is 0 Å². The molecule has 1 unspecified atom stereocenters. The van der Waals surface area contributed by atoms with Crippen molar-refractivity contribution in [2.45, 2.75) is 12.8 Å². The number of fused-ring (bicyclic) bond motifs is 1. The number of benzene rings is 1. The third-order valence-corrected chi connectivity index (χ3v) is 3.45. The van der Waals surface area contributed by atoms with Gasteiger partial charge in [-0.05, 0) is 33.6 Å². The van der Waals surface area contributed by atoms with E-state index < -0.39 is 0 Å². The Morgan fingerprint density at radius 1 is 1.47 bits per heavy atom. The van der Waals surface area contributed by atoms with Gasteiger partial charge in [-0.25, -0.2) is 9.97 Å². The number of rotatable bonds is 3. The summed E-state index contributed by atoms with van der Waals surface area (Å²) < 4.78 is 6.32. The van der Waals surface area contributed by atoms with Gasteiger partial charge < -0.3 is 15.1 Å². The van der Waals surface area contributed by atoms with Gasteiger partial charge in [-0.1, -0.05) is 6.07 Å². The van der Waals surface area contributed by atoms with Gasteiger partial charge in [0, 0.05) is 13.5 Å². The molecule has 1 atom stereocenters. The highest BCUT2D eigenvalue weighted by Crippen LogP contribution is 2.26. The maximum absolute atomic E-state index is 5.88. The molecule has 5 nitrogen and oxygen atoms in total. The highest BCUT2D eigenvalue weighted by atomic mass is 79.9. The molecule has 0 saturated carbocycles. The molecule has 0 aliphatic heterocycles. The summed E-state index contributed by atoms with van der Waals surface area (Å²) in [6.07, 6.45) is 1.73. The number of hydrogen-bond donors (Lipinski definition) is 2. The van der Waals surface area contributed by atoms with Crippen LogP contribution in [0.15, 0.2) is 33.4 Å². The Labute approximate surface area is 118 Å². The second-order valence-electron chi connectivity index (χ2n) is 4.36. The molecule has 19 heavy (non-hydrogen) atoms. The van der Waals surface area contributed by atoms with Crippen LogP contribution >= 0.6 is 15.9 Å². The van der Waals surface area contributed by atoms with Gasteiger partial charge in [-0.2, -0.15) is 0 Å². The molecule has 1 aromatic carbocycles. The Balaban J connectivity index is 2.05. The Kier molecular flexibility index (Phi) is 3.12. The van der Waals surface area contributed by atoms with E-state index in [-0.39, 0.29) is 5.92 Å². The summed E-state index contributed by atoms with van der Waals surface area (Å²) in [5.74, 6) is 1.53. The first kappa shape index (κ1) is 12.4. The smallest absolute Gasteiger partial charge is 0.192 e. The molecule has 0 saturated heterocycles. The third-order valence-electron chi connectivity index (χ3n) is 3.05. The van der Waals surface area contributed by atoms with Crippen LogP contribution in [-0.2, 0) is 0 Å². The van der Waals surface area contributed by atoms with Crippen LogP contribution in [0.1, 0.15) is 23.2 Å². The lowest BCUT2D eigenvalue weighted by molar-refractivity contribution is 0.561. The van der Waals surface area contributed by atoms with Crippen molar-refractivity contribution in [3.05, 3.63) is 46.3 Å². The van der Waals surface area contributed by atoms with Crippen molar-refractivity contribution in [1.29, 1.82) is 0 Å². The van der Waals surface area contributed by atoms with Crippen LogP contribution in [0.5, 0.6) is 0 Å². The van der Waals surface area contributed by atoms with Gasteiger partial charge in [-0.3, -0.25) is 0 Å². The molecule has 0 radical (unpaired) electrons. The number of nitrogens with zero attached hydrogens (tertiary/aromatic N) is 2. The number of nitrogens with two attached hydrogens (primary N) is 1. The van der Waals surface area contributed by atoms with Crippen molar-refractivity contribution in [3.8, 4) is 0 Å². The number of hydrogen-bond acceptors (Lipinski definition) is 4. The van der Waals surface area contributed by atoms with Gasteiger partial charge in [0.15, 0.2) is 11.5 Å². The number of H-pyrrole nitrogens is 1. The summed E-state index contributed by atoms with van der Waals surface area (Å²) >= 11 is 3.36. The van der Waals surface area contributed by atoms with E-state index in [2.05, 4.69) is 30.9 Å². The lowest BCUT2D eigenvalue weighted by atomic mass is 9.98. The van der Waals surface area contributed by atoms with E-state index in [0.717, 1.165) is 27.1 Å². The first-order chi connectivity index (χ1) is 9.17. The van der Waals surface area contributed by atoms with Crippen molar-refractivity contribution in [2.75, 3.05) is 6.54 Å². The first-order valence-corrected chi connectivity index (χ1v) is 6.74. The summed E-state index contributed by atoms with van der Waals surface area (Å²) in [7, 11) is 0. The summed E-state index contributed by atoms with van der Waals surface area (Å²) in [4.78, 5) is 11.8.